The van der Waals surface area contributed by atoms with E-state index >= 15 is 0 Å². The van der Waals surface area contributed by atoms with Crippen LogP contribution in [0.15, 0.2) is 127 Å². The van der Waals surface area contributed by atoms with Crippen LogP contribution in [-0.4, -0.2) is 11.2 Å². The molecule has 7 rings (SSSR count). The largest absolute Gasteiger partial charge is 0.265 e. The highest BCUT2D eigenvalue weighted by atomic mass is 14.7. The molecule has 42 heavy (non-hydrogen) atoms. The zero-order valence-electron chi connectivity index (χ0n) is 23.8. The lowest BCUT2D eigenvalue weighted by Crippen LogP contribution is -1.99. The number of fused-ring (bicyclic) bond motifs is 8. The van der Waals surface area contributed by atoms with E-state index in [0.717, 1.165) is 27.7 Å². The van der Waals surface area contributed by atoms with Crippen molar-refractivity contribution in [3.63, 3.8) is 0 Å². The highest BCUT2D eigenvalue weighted by molar-refractivity contribution is 6.29. The Balaban J connectivity index is 1.69. The SMILES string of the molecule is C=C/C=N\C=C\c1c(C)c(/C=C\C)c(-c2nc3ccc4ccccc4c3c3c2ccc2ccccc23)c2ccccc12. The first-order valence-electron chi connectivity index (χ1n) is 14.3. The molecule has 200 valence electrons. The Morgan fingerprint density at radius 1 is 0.643 bits per heavy atom. The van der Waals surface area contributed by atoms with Gasteiger partial charge in [0.05, 0.1) is 11.2 Å². The molecule has 0 spiro atoms. The van der Waals surface area contributed by atoms with E-state index < -0.39 is 0 Å². The van der Waals surface area contributed by atoms with Crippen LogP contribution in [0.25, 0.3) is 77.4 Å². The van der Waals surface area contributed by atoms with Crippen molar-refractivity contribution in [3.8, 4) is 11.3 Å². The van der Waals surface area contributed by atoms with Crippen molar-refractivity contribution in [2.45, 2.75) is 13.8 Å². The fourth-order valence-corrected chi connectivity index (χ4v) is 6.41. The van der Waals surface area contributed by atoms with Gasteiger partial charge in [-0.1, -0.05) is 116 Å². The van der Waals surface area contributed by atoms with E-state index in [4.69, 9.17) is 4.98 Å². The summed E-state index contributed by atoms with van der Waals surface area (Å²) in [6.07, 6.45) is 11.7. The Kier molecular flexibility index (Phi) is 6.45. The molecule has 0 atom stereocenters. The molecule has 0 saturated heterocycles. The quantitative estimate of drug-likeness (QED) is 0.158. The highest BCUT2D eigenvalue weighted by Gasteiger charge is 2.21. The first-order chi connectivity index (χ1) is 20.7. The lowest BCUT2D eigenvalue weighted by atomic mass is 9.85. The van der Waals surface area contributed by atoms with Gasteiger partial charge in [0.1, 0.15) is 0 Å². The molecule has 1 aromatic heterocycles. The van der Waals surface area contributed by atoms with Gasteiger partial charge in [-0.2, -0.15) is 0 Å². The molecule has 0 aliphatic heterocycles. The second-order valence-electron chi connectivity index (χ2n) is 10.6. The first kappa shape index (κ1) is 25.6. The average molecular weight is 539 g/mol. The van der Waals surface area contributed by atoms with Crippen LogP contribution in [-0.2, 0) is 0 Å². The van der Waals surface area contributed by atoms with Crippen molar-refractivity contribution >= 4 is 72.4 Å². The number of hydrogen-bond donors (Lipinski definition) is 0. The van der Waals surface area contributed by atoms with E-state index in [0.29, 0.717) is 0 Å². The lowest BCUT2D eigenvalue weighted by molar-refractivity contribution is 1.40. The Morgan fingerprint density at radius 2 is 1.29 bits per heavy atom. The predicted octanol–water partition coefficient (Wildman–Crippen LogP) is 11.1. The minimum atomic E-state index is 1.00. The Labute approximate surface area is 245 Å². The van der Waals surface area contributed by atoms with Crippen molar-refractivity contribution in [2.24, 2.45) is 4.99 Å². The average Bonchev–Trinajstić information content (AvgIpc) is 3.04. The smallest absolute Gasteiger partial charge is 0.0800 e. The summed E-state index contributed by atoms with van der Waals surface area (Å²) in [7, 11) is 0. The van der Waals surface area contributed by atoms with Crippen LogP contribution in [0.4, 0.5) is 0 Å². The fourth-order valence-electron chi connectivity index (χ4n) is 6.41. The fraction of sp³-hybridized carbons (Fsp3) is 0.0500. The monoisotopic (exact) mass is 538 g/mol. The van der Waals surface area contributed by atoms with Gasteiger partial charge < -0.3 is 0 Å². The van der Waals surface area contributed by atoms with Crippen molar-refractivity contribution in [1.82, 2.24) is 4.98 Å². The molecule has 0 aliphatic rings. The first-order valence-corrected chi connectivity index (χ1v) is 14.3. The maximum atomic E-state index is 5.49. The van der Waals surface area contributed by atoms with Gasteiger partial charge in [0, 0.05) is 34.1 Å². The molecule has 0 aliphatic carbocycles. The summed E-state index contributed by atoms with van der Waals surface area (Å²) >= 11 is 0. The van der Waals surface area contributed by atoms with Crippen LogP contribution < -0.4 is 0 Å². The number of hydrogen-bond acceptors (Lipinski definition) is 2. The number of aromatic nitrogens is 1. The lowest BCUT2D eigenvalue weighted by Gasteiger charge is -2.20. The van der Waals surface area contributed by atoms with Crippen molar-refractivity contribution in [2.75, 3.05) is 0 Å². The summed E-state index contributed by atoms with van der Waals surface area (Å²) in [6.45, 7) is 8.02. The molecule has 0 radical (unpaired) electrons. The van der Waals surface area contributed by atoms with Gasteiger partial charge in [-0.05, 0) is 75.0 Å². The van der Waals surface area contributed by atoms with Crippen molar-refractivity contribution in [3.05, 3.63) is 139 Å². The summed E-state index contributed by atoms with van der Waals surface area (Å²) in [5.41, 5.74) is 6.69. The number of pyridine rings is 1. The van der Waals surface area contributed by atoms with Crippen LogP contribution in [0, 0.1) is 6.92 Å². The van der Waals surface area contributed by atoms with Gasteiger partial charge in [0.2, 0.25) is 0 Å². The predicted molar refractivity (Wildman–Crippen MR) is 184 cm³/mol. The van der Waals surface area contributed by atoms with Gasteiger partial charge in [-0.25, -0.2) is 4.98 Å². The van der Waals surface area contributed by atoms with Crippen LogP contribution >= 0.6 is 0 Å². The van der Waals surface area contributed by atoms with Gasteiger partial charge >= 0.3 is 0 Å². The van der Waals surface area contributed by atoms with Crippen LogP contribution in [0.1, 0.15) is 23.6 Å². The van der Waals surface area contributed by atoms with E-state index in [1.54, 1.807) is 12.3 Å². The molecule has 2 heteroatoms. The number of rotatable bonds is 5. The maximum absolute atomic E-state index is 5.49. The standard InChI is InChI=1S/C40H30N2/c1-4-12-30-26(3)29(23-25-41-24-5-2)33-17-10-11-18-34(33)38(30)40-35-21-19-27-13-6-8-15-31(27)37(35)39-32-16-9-7-14-28(32)20-22-36(39)42-40/h4-25H,2H2,1,3H3/b12-4-,25-23+,41-24-. The summed E-state index contributed by atoms with van der Waals surface area (Å²) in [5, 5.41) is 10.9. The zero-order valence-corrected chi connectivity index (χ0v) is 23.8. The van der Waals surface area contributed by atoms with Crippen molar-refractivity contribution in [1.29, 1.82) is 0 Å². The third kappa shape index (κ3) is 4.03. The molecule has 0 unspecified atom stereocenters. The molecule has 0 N–H and O–H groups in total. The molecule has 0 amide bonds. The van der Waals surface area contributed by atoms with E-state index in [-0.39, 0.29) is 0 Å². The van der Waals surface area contributed by atoms with Gasteiger partial charge in [0.15, 0.2) is 0 Å². The normalized spacial score (nSPS) is 12.3. The maximum Gasteiger partial charge on any atom is 0.0800 e. The zero-order chi connectivity index (χ0) is 28.6. The van der Waals surface area contributed by atoms with E-state index in [1.165, 1.54) is 54.2 Å². The number of allylic oxidation sites excluding steroid dienone is 2. The highest BCUT2D eigenvalue weighted by Crippen LogP contribution is 2.44. The third-order valence-corrected chi connectivity index (χ3v) is 8.23. The van der Waals surface area contributed by atoms with Crippen LogP contribution in [0.5, 0.6) is 0 Å². The molecule has 0 fully saturated rings. The molecule has 0 bridgehead atoms. The number of benzene rings is 6. The molecular weight excluding hydrogens is 508 g/mol. The number of nitrogens with zero attached hydrogens (tertiary/aromatic N) is 2. The minimum Gasteiger partial charge on any atom is -0.265 e. The van der Waals surface area contributed by atoms with E-state index in [2.05, 4.69) is 141 Å². The Morgan fingerprint density at radius 3 is 2.00 bits per heavy atom. The summed E-state index contributed by atoms with van der Waals surface area (Å²) < 4.78 is 0. The molecule has 7 aromatic rings. The van der Waals surface area contributed by atoms with Gasteiger partial charge in [0.25, 0.3) is 0 Å². The third-order valence-electron chi connectivity index (χ3n) is 8.23. The van der Waals surface area contributed by atoms with Crippen molar-refractivity contribution < 1.29 is 0 Å². The summed E-state index contributed by atoms with van der Waals surface area (Å²) in [4.78, 5) is 9.86. The summed E-state index contributed by atoms with van der Waals surface area (Å²) in [6, 6.07) is 34.9. The molecule has 6 aromatic carbocycles. The molecule has 0 saturated carbocycles. The molecule has 2 nitrogen and oxygen atoms in total. The minimum absolute atomic E-state index is 1.00. The van der Waals surface area contributed by atoms with E-state index in [9.17, 15) is 0 Å². The Hall–Kier alpha value is -5.34. The topological polar surface area (TPSA) is 25.2 Å². The second-order valence-corrected chi connectivity index (χ2v) is 10.6. The summed E-state index contributed by atoms with van der Waals surface area (Å²) in [5.74, 6) is 0. The van der Waals surface area contributed by atoms with Crippen LogP contribution in [0.3, 0.4) is 0 Å². The Bertz CT molecular complexity index is 2280. The van der Waals surface area contributed by atoms with E-state index in [1.807, 2.05) is 6.20 Å². The second kappa shape index (κ2) is 10.6. The number of aliphatic imine (C=N–C) groups is 1. The van der Waals surface area contributed by atoms with Gasteiger partial charge in [-0.3, -0.25) is 4.99 Å². The molecule has 1 heterocycles. The van der Waals surface area contributed by atoms with Crippen LogP contribution in [0.2, 0.25) is 0 Å². The van der Waals surface area contributed by atoms with Gasteiger partial charge in [-0.15, -0.1) is 0 Å². The molecular formula is C40H30N2.